The highest BCUT2D eigenvalue weighted by molar-refractivity contribution is 7.99. The molecule has 0 bridgehead atoms. The molecular formula is C16H19N3O4S. The minimum atomic E-state index is -0.258. The summed E-state index contributed by atoms with van der Waals surface area (Å²) < 4.78 is 10.5. The monoisotopic (exact) mass is 349 g/mol. The molecule has 128 valence electrons. The molecule has 1 atom stereocenters. The molecule has 1 amide bonds. The number of carbonyl (C=O) groups excluding carboxylic acids is 1. The van der Waals surface area contributed by atoms with Crippen LogP contribution in [0.2, 0.25) is 0 Å². The number of nitrogens with zero attached hydrogens (tertiary/aromatic N) is 1. The fourth-order valence-electron chi connectivity index (χ4n) is 2.10. The Balaban J connectivity index is 1.99. The Bertz CT molecular complexity index is 763. The lowest BCUT2D eigenvalue weighted by Gasteiger charge is -2.18. The molecule has 0 radical (unpaired) electrons. The van der Waals surface area contributed by atoms with Crippen LogP contribution in [0.3, 0.4) is 0 Å². The van der Waals surface area contributed by atoms with Crippen molar-refractivity contribution in [3.05, 3.63) is 46.4 Å². The smallest absolute Gasteiger partial charge is 0.251 e. The van der Waals surface area contributed by atoms with E-state index in [2.05, 4.69) is 15.3 Å². The van der Waals surface area contributed by atoms with E-state index < -0.39 is 0 Å². The first kappa shape index (κ1) is 17.9. The van der Waals surface area contributed by atoms with Crippen LogP contribution in [0, 0.1) is 0 Å². The summed E-state index contributed by atoms with van der Waals surface area (Å²) in [5.74, 6) is 1.32. The van der Waals surface area contributed by atoms with Gasteiger partial charge in [0, 0.05) is 17.8 Å². The fraction of sp³-hybridized carbons (Fsp3) is 0.312. The number of H-pyrrole nitrogens is 1. The zero-order valence-corrected chi connectivity index (χ0v) is 14.5. The number of benzene rings is 1. The molecule has 1 heterocycles. The first-order valence-corrected chi connectivity index (χ1v) is 8.21. The summed E-state index contributed by atoms with van der Waals surface area (Å²) in [6, 6.07) is 6.48. The van der Waals surface area contributed by atoms with Crippen LogP contribution in [-0.2, 0) is 4.79 Å². The standard InChI is InChI=1S/C16H19N3O4S/c1-10(12-8-11(22-2)4-5-13(12)23-3)18-15(21)9-24-16-17-7-6-14(20)19-16/h4-8,10H,9H2,1-3H3,(H,18,21)(H,17,19,20)/t10-/m1/s1. The zero-order valence-electron chi connectivity index (χ0n) is 13.7. The third-order valence-corrected chi connectivity index (χ3v) is 4.16. The number of thioether (sulfide) groups is 1. The van der Waals surface area contributed by atoms with Crippen molar-refractivity contribution in [1.29, 1.82) is 0 Å². The molecule has 0 spiro atoms. The van der Waals surface area contributed by atoms with Crippen molar-refractivity contribution >= 4 is 17.7 Å². The van der Waals surface area contributed by atoms with E-state index in [4.69, 9.17) is 9.47 Å². The van der Waals surface area contributed by atoms with E-state index in [1.807, 2.05) is 13.0 Å². The predicted molar refractivity (Wildman–Crippen MR) is 91.7 cm³/mol. The van der Waals surface area contributed by atoms with Crippen LogP contribution in [0.1, 0.15) is 18.5 Å². The molecule has 0 fully saturated rings. The highest BCUT2D eigenvalue weighted by Crippen LogP contribution is 2.29. The summed E-state index contributed by atoms with van der Waals surface area (Å²) in [5.41, 5.74) is 0.573. The van der Waals surface area contributed by atoms with Crippen molar-refractivity contribution in [1.82, 2.24) is 15.3 Å². The minimum Gasteiger partial charge on any atom is -0.497 e. The number of aromatic amines is 1. The van der Waals surface area contributed by atoms with Crippen molar-refractivity contribution in [2.45, 2.75) is 18.1 Å². The number of aromatic nitrogens is 2. The molecule has 2 aromatic rings. The van der Waals surface area contributed by atoms with E-state index >= 15 is 0 Å². The van der Waals surface area contributed by atoms with Gasteiger partial charge in [0.2, 0.25) is 5.91 Å². The Hall–Kier alpha value is -2.48. The van der Waals surface area contributed by atoms with Crippen LogP contribution >= 0.6 is 11.8 Å². The van der Waals surface area contributed by atoms with Crippen LogP contribution < -0.4 is 20.3 Å². The molecule has 24 heavy (non-hydrogen) atoms. The van der Waals surface area contributed by atoms with Crippen LogP contribution in [0.5, 0.6) is 11.5 Å². The van der Waals surface area contributed by atoms with Crippen molar-refractivity contribution in [3.63, 3.8) is 0 Å². The van der Waals surface area contributed by atoms with Gasteiger partial charge >= 0.3 is 0 Å². The summed E-state index contributed by atoms with van der Waals surface area (Å²) in [4.78, 5) is 29.9. The lowest BCUT2D eigenvalue weighted by atomic mass is 10.1. The minimum absolute atomic E-state index is 0.142. The lowest BCUT2D eigenvalue weighted by Crippen LogP contribution is -2.28. The number of ether oxygens (including phenoxy) is 2. The van der Waals surface area contributed by atoms with E-state index in [1.165, 1.54) is 12.3 Å². The molecule has 0 aliphatic carbocycles. The number of hydrogen-bond acceptors (Lipinski definition) is 6. The van der Waals surface area contributed by atoms with Gasteiger partial charge in [-0.1, -0.05) is 11.8 Å². The number of hydrogen-bond donors (Lipinski definition) is 2. The number of carbonyl (C=O) groups is 1. The Morgan fingerprint density at radius 1 is 1.33 bits per heavy atom. The Kier molecular flexibility index (Phi) is 6.25. The summed E-state index contributed by atoms with van der Waals surface area (Å²) in [7, 11) is 3.16. The van der Waals surface area contributed by atoms with Gasteiger partial charge < -0.3 is 19.8 Å². The number of rotatable bonds is 7. The van der Waals surface area contributed by atoms with E-state index in [-0.39, 0.29) is 23.3 Å². The maximum absolute atomic E-state index is 12.1. The summed E-state index contributed by atoms with van der Waals surface area (Å²) in [5, 5.41) is 3.30. The van der Waals surface area contributed by atoms with Crippen LogP contribution in [0.25, 0.3) is 0 Å². The Labute approximate surface area is 143 Å². The summed E-state index contributed by atoms with van der Waals surface area (Å²) in [6.07, 6.45) is 1.41. The van der Waals surface area contributed by atoms with E-state index in [1.54, 1.807) is 26.4 Å². The van der Waals surface area contributed by atoms with E-state index in [0.717, 1.165) is 17.3 Å². The van der Waals surface area contributed by atoms with Gasteiger partial charge in [0.05, 0.1) is 26.0 Å². The zero-order chi connectivity index (χ0) is 17.5. The van der Waals surface area contributed by atoms with Crippen LogP contribution in [0.4, 0.5) is 0 Å². The maximum atomic E-state index is 12.1. The van der Waals surface area contributed by atoms with Crippen molar-refractivity contribution in [2.75, 3.05) is 20.0 Å². The average molecular weight is 349 g/mol. The average Bonchev–Trinajstić information content (AvgIpc) is 2.59. The van der Waals surface area contributed by atoms with E-state index in [9.17, 15) is 9.59 Å². The van der Waals surface area contributed by atoms with Gasteiger partial charge in [0.25, 0.3) is 5.56 Å². The SMILES string of the molecule is COc1ccc(OC)c([C@@H](C)NC(=O)CSc2nccc(=O)[nH]2)c1. The largest absolute Gasteiger partial charge is 0.497 e. The van der Waals surface area contributed by atoms with Gasteiger partial charge in [-0.15, -0.1) is 0 Å². The number of amides is 1. The third kappa shape index (κ3) is 4.76. The Morgan fingerprint density at radius 2 is 2.12 bits per heavy atom. The van der Waals surface area contributed by atoms with E-state index in [0.29, 0.717) is 16.7 Å². The van der Waals surface area contributed by atoms with Gasteiger partial charge in [-0.25, -0.2) is 4.98 Å². The molecular weight excluding hydrogens is 330 g/mol. The van der Waals surface area contributed by atoms with Crippen molar-refractivity contribution in [3.8, 4) is 11.5 Å². The highest BCUT2D eigenvalue weighted by atomic mass is 32.2. The lowest BCUT2D eigenvalue weighted by molar-refractivity contribution is -0.119. The van der Waals surface area contributed by atoms with Gasteiger partial charge in [-0.2, -0.15) is 0 Å². The molecule has 2 rings (SSSR count). The molecule has 7 nitrogen and oxygen atoms in total. The number of nitrogens with one attached hydrogen (secondary N) is 2. The van der Waals surface area contributed by atoms with Crippen LogP contribution in [0.15, 0.2) is 40.4 Å². The quantitative estimate of drug-likeness (QED) is 0.584. The predicted octanol–water partition coefficient (Wildman–Crippen LogP) is 1.76. The van der Waals surface area contributed by atoms with Gasteiger partial charge in [0.1, 0.15) is 11.5 Å². The molecule has 8 heteroatoms. The molecule has 0 unspecified atom stereocenters. The molecule has 1 aromatic heterocycles. The van der Waals surface area contributed by atoms with Gasteiger partial charge in [0.15, 0.2) is 5.16 Å². The van der Waals surface area contributed by atoms with Gasteiger partial charge in [-0.05, 0) is 25.1 Å². The normalized spacial score (nSPS) is 11.6. The topological polar surface area (TPSA) is 93.3 Å². The third-order valence-electron chi connectivity index (χ3n) is 3.27. The molecule has 1 aromatic carbocycles. The van der Waals surface area contributed by atoms with Gasteiger partial charge in [-0.3, -0.25) is 9.59 Å². The maximum Gasteiger partial charge on any atom is 0.251 e. The molecule has 0 saturated heterocycles. The second kappa shape index (κ2) is 8.39. The second-order valence-corrected chi connectivity index (χ2v) is 5.89. The molecule has 0 aliphatic heterocycles. The number of methoxy groups -OCH3 is 2. The molecule has 2 N–H and O–H groups in total. The Morgan fingerprint density at radius 3 is 2.79 bits per heavy atom. The first-order valence-electron chi connectivity index (χ1n) is 7.23. The van der Waals surface area contributed by atoms with Crippen molar-refractivity contribution < 1.29 is 14.3 Å². The summed E-state index contributed by atoms with van der Waals surface area (Å²) >= 11 is 1.16. The fourth-order valence-corrected chi connectivity index (χ4v) is 2.76. The highest BCUT2D eigenvalue weighted by Gasteiger charge is 2.15. The summed E-state index contributed by atoms with van der Waals surface area (Å²) in [6.45, 7) is 1.86. The second-order valence-electron chi connectivity index (χ2n) is 4.92. The van der Waals surface area contributed by atoms with Crippen molar-refractivity contribution in [2.24, 2.45) is 0 Å². The molecule has 0 saturated carbocycles. The molecule has 0 aliphatic rings. The first-order chi connectivity index (χ1) is 11.5. The van der Waals surface area contributed by atoms with Crippen LogP contribution in [-0.4, -0.2) is 35.8 Å².